The number of rotatable bonds is 4. The zero-order valence-corrected chi connectivity index (χ0v) is 11.9. The van der Waals surface area contributed by atoms with Gasteiger partial charge in [0.25, 0.3) is 5.91 Å². The lowest BCUT2D eigenvalue weighted by Gasteiger charge is -2.01. The van der Waals surface area contributed by atoms with E-state index in [1.165, 1.54) is 11.3 Å². The predicted octanol–water partition coefficient (Wildman–Crippen LogP) is 1.10. The van der Waals surface area contributed by atoms with Gasteiger partial charge in [-0.3, -0.25) is 4.79 Å². The van der Waals surface area contributed by atoms with Gasteiger partial charge in [-0.05, 0) is 18.6 Å². The molecule has 0 fully saturated rings. The lowest BCUT2D eigenvalue weighted by Crippen LogP contribution is -2.24. The van der Waals surface area contributed by atoms with Crippen LogP contribution in [-0.4, -0.2) is 34.1 Å². The molecule has 3 N–H and O–H groups in total. The van der Waals surface area contributed by atoms with E-state index in [-0.39, 0.29) is 12.5 Å². The average Bonchev–Trinajstić information content (AvgIpc) is 3.06. The third kappa shape index (κ3) is 3.70. The minimum atomic E-state index is -0.178. The summed E-state index contributed by atoms with van der Waals surface area (Å²) < 4.78 is 0. The molecule has 2 heterocycles. The van der Waals surface area contributed by atoms with Crippen LogP contribution in [0.1, 0.15) is 25.8 Å². The zero-order valence-electron chi connectivity index (χ0n) is 11.1. The highest BCUT2D eigenvalue weighted by Crippen LogP contribution is 2.20. The molecular weight excluding hydrogens is 274 g/mol. The number of aliphatic hydroxyl groups is 1. The van der Waals surface area contributed by atoms with E-state index < -0.39 is 0 Å². The Morgan fingerprint density at radius 1 is 1.60 bits per heavy atom. The first-order valence-corrected chi connectivity index (χ1v) is 6.98. The summed E-state index contributed by atoms with van der Waals surface area (Å²) >= 11 is 1.34. The van der Waals surface area contributed by atoms with Gasteiger partial charge in [0.15, 0.2) is 0 Å². The fourth-order valence-corrected chi connectivity index (χ4v) is 2.62. The Morgan fingerprint density at radius 2 is 2.45 bits per heavy atom. The van der Waals surface area contributed by atoms with E-state index in [2.05, 4.69) is 27.1 Å². The number of imidazole rings is 1. The first-order chi connectivity index (χ1) is 9.70. The first kappa shape index (κ1) is 14.3. The summed E-state index contributed by atoms with van der Waals surface area (Å²) in [6.45, 7) is 2.28. The summed E-state index contributed by atoms with van der Waals surface area (Å²) in [6, 6.07) is 1.82. The highest BCUT2D eigenvalue weighted by Gasteiger charge is 2.11. The predicted molar refractivity (Wildman–Crippen MR) is 77.6 cm³/mol. The standard InChI is InChI=1S/C14H15N3O2S/c1-10-7-13(20-12(10)3-2-6-18)14(19)16-5-4-11-8-15-9-17-11/h7-9,18H,4-6H2,1H3,(H,15,17)(H,16,19). The van der Waals surface area contributed by atoms with E-state index in [4.69, 9.17) is 5.11 Å². The van der Waals surface area contributed by atoms with Crippen molar-refractivity contribution in [1.82, 2.24) is 15.3 Å². The van der Waals surface area contributed by atoms with Crippen molar-refractivity contribution in [2.45, 2.75) is 13.3 Å². The molecule has 104 valence electrons. The van der Waals surface area contributed by atoms with Gasteiger partial charge < -0.3 is 15.4 Å². The van der Waals surface area contributed by atoms with E-state index in [1.807, 2.05) is 13.0 Å². The van der Waals surface area contributed by atoms with Gasteiger partial charge in [0, 0.05) is 24.9 Å². The smallest absolute Gasteiger partial charge is 0.261 e. The molecule has 0 aliphatic carbocycles. The number of nitrogens with zero attached hydrogens (tertiary/aromatic N) is 1. The molecule has 0 spiro atoms. The second kappa shape index (κ2) is 6.89. The lowest BCUT2D eigenvalue weighted by atomic mass is 10.2. The zero-order chi connectivity index (χ0) is 14.4. The normalized spacial score (nSPS) is 9.90. The van der Waals surface area contributed by atoms with Crippen molar-refractivity contribution in [1.29, 1.82) is 0 Å². The maximum Gasteiger partial charge on any atom is 0.261 e. The van der Waals surface area contributed by atoms with Crippen LogP contribution in [0.25, 0.3) is 0 Å². The Bertz CT molecular complexity index is 635. The van der Waals surface area contributed by atoms with Crippen molar-refractivity contribution in [3.8, 4) is 11.8 Å². The molecule has 5 nitrogen and oxygen atoms in total. The van der Waals surface area contributed by atoms with E-state index in [1.54, 1.807) is 12.5 Å². The van der Waals surface area contributed by atoms with Crippen molar-refractivity contribution in [3.05, 3.63) is 39.6 Å². The topological polar surface area (TPSA) is 78.0 Å². The molecule has 20 heavy (non-hydrogen) atoms. The fraction of sp³-hybridized carbons (Fsp3) is 0.286. The van der Waals surface area contributed by atoms with Crippen LogP contribution in [0, 0.1) is 18.8 Å². The highest BCUT2D eigenvalue weighted by molar-refractivity contribution is 7.14. The minimum Gasteiger partial charge on any atom is -0.384 e. The number of hydrogen-bond donors (Lipinski definition) is 3. The third-order valence-electron chi connectivity index (χ3n) is 2.66. The molecule has 0 atom stereocenters. The third-order valence-corrected chi connectivity index (χ3v) is 3.81. The molecule has 0 radical (unpaired) electrons. The van der Waals surface area contributed by atoms with Crippen molar-refractivity contribution < 1.29 is 9.90 Å². The van der Waals surface area contributed by atoms with Crippen LogP contribution in [-0.2, 0) is 6.42 Å². The molecule has 0 aliphatic rings. The van der Waals surface area contributed by atoms with Crippen LogP contribution in [0.3, 0.4) is 0 Å². The molecule has 0 bridgehead atoms. The van der Waals surface area contributed by atoms with Crippen LogP contribution in [0.15, 0.2) is 18.6 Å². The number of aromatic amines is 1. The Balaban J connectivity index is 1.92. The van der Waals surface area contributed by atoms with E-state index in [9.17, 15) is 4.79 Å². The number of nitrogens with one attached hydrogen (secondary N) is 2. The lowest BCUT2D eigenvalue weighted by molar-refractivity contribution is 0.0958. The fourth-order valence-electron chi connectivity index (χ4n) is 1.66. The summed E-state index contributed by atoms with van der Waals surface area (Å²) in [6.07, 6.45) is 4.07. The van der Waals surface area contributed by atoms with Gasteiger partial charge in [0.05, 0.1) is 16.1 Å². The van der Waals surface area contributed by atoms with Crippen LogP contribution < -0.4 is 5.32 Å². The summed E-state index contributed by atoms with van der Waals surface area (Å²) in [4.78, 5) is 20.3. The van der Waals surface area contributed by atoms with Crippen molar-refractivity contribution in [2.24, 2.45) is 0 Å². The van der Waals surface area contributed by atoms with Crippen molar-refractivity contribution in [2.75, 3.05) is 13.2 Å². The number of amides is 1. The number of carbonyl (C=O) groups is 1. The highest BCUT2D eigenvalue weighted by atomic mass is 32.1. The van der Waals surface area contributed by atoms with Crippen LogP contribution in [0.4, 0.5) is 0 Å². The molecule has 2 aromatic heterocycles. The number of H-pyrrole nitrogens is 1. The number of aryl methyl sites for hydroxylation is 1. The average molecular weight is 289 g/mol. The second-order valence-corrected chi connectivity index (χ2v) is 5.22. The van der Waals surface area contributed by atoms with Crippen molar-refractivity contribution in [3.63, 3.8) is 0 Å². The second-order valence-electron chi connectivity index (χ2n) is 4.17. The van der Waals surface area contributed by atoms with Gasteiger partial charge in [0.2, 0.25) is 0 Å². The Morgan fingerprint density at radius 3 is 3.15 bits per heavy atom. The van der Waals surface area contributed by atoms with Gasteiger partial charge in [-0.15, -0.1) is 11.3 Å². The number of aliphatic hydroxyl groups excluding tert-OH is 1. The van der Waals surface area contributed by atoms with Crippen molar-refractivity contribution >= 4 is 17.2 Å². The molecule has 0 unspecified atom stereocenters. The molecule has 2 rings (SSSR count). The summed E-state index contributed by atoms with van der Waals surface area (Å²) in [7, 11) is 0. The molecule has 2 aromatic rings. The van der Waals surface area contributed by atoms with Gasteiger partial charge >= 0.3 is 0 Å². The monoisotopic (exact) mass is 289 g/mol. The van der Waals surface area contributed by atoms with Crippen LogP contribution in [0.2, 0.25) is 0 Å². The summed E-state index contributed by atoms with van der Waals surface area (Å²) in [5.41, 5.74) is 1.94. The molecule has 0 aromatic carbocycles. The molecule has 0 saturated heterocycles. The number of aromatic nitrogens is 2. The SMILES string of the molecule is Cc1cc(C(=O)NCCc2cnc[nH]2)sc1C#CCO. The van der Waals surface area contributed by atoms with E-state index in [0.717, 1.165) is 16.1 Å². The van der Waals surface area contributed by atoms with Gasteiger partial charge in [-0.25, -0.2) is 4.98 Å². The molecule has 1 amide bonds. The maximum absolute atomic E-state index is 12.0. The number of carbonyl (C=O) groups excluding carboxylic acids is 1. The maximum atomic E-state index is 12.0. The molecular formula is C14H15N3O2S. The summed E-state index contributed by atoms with van der Waals surface area (Å²) in [5.74, 6) is 5.33. The van der Waals surface area contributed by atoms with E-state index >= 15 is 0 Å². The molecule has 0 aliphatic heterocycles. The largest absolute Gasteiger partial charge is 0.384 e. The Kier molecular flexibility index (Phi) is 4.93. The molecule has 0 saturated carbocycles. The van der Waals surface area contributed by atoms with Crippen LogP contribution >= 0.6 is 11.3 Å². The number of thiophene rings is 1. The first-order valence-electron chi connectivity index (χ1n) is 6.16. The Hall–Kier alpha value is -2.10. The van der Waals surface area contributed by atoms with E-state index in [0.29, 0.717) is 17.8 Å². The van der Waals surface area contributed by atoms with Gasteiger partial charge in [0.1, 0.15) is 6.61 Å². The molecule has 6 heteroatoms. The quantitative estimate of drug-likeness (QED) is 0.737. The van der Waals surface area contributed by atoms with Gasteiger partial charge in [-0.1, -0.05) is 11.8 Å². The summed E-state index contributed by atoms with van der Waals surface area (Å²) in [5, 5.41) is 11.5. The van der Waals surface area contributed by atoms with Gasteiger partial charge in [-0.2, -0.15) is 0 Å². The minimum absolute atomic E-state index is 0.102. The van der Waals surface area contributed by atoms with Crippen LogP contribution in [0.5, 0.6) is 0 Å². The Labute approximate surface area is 121 Å². The number of hydrogen-bond acceptors (Lipinski definition) is 4.